The molecule has 0 saturated carbocycles. The summed E-state index contributed by atoms with van der Waals surface area (Å²) in [4.78, 5) is 16.2. The molecule has 0 aliphatic heterocycles. The Balaban J connectivity index is 2.23. The predicted molar refractivity (Wildman–Crippen MR) is 69.7 cm³/mol. The minimum atomic E-state index is -0.231. The Morgan fingerprint density at radius 3 is 2.83 bits per heavy atom. The van der Waals surface area contributed by atoms with E-state index in [1.165, 1.54) is 0 Å². The van der Waals surface area contributed by atoms with E-state index in [1.807, 2.05) is 13.0 Å². The highest BCUT2D eigenvalue weighted by molar-refractivity contribution is 6.07. The van der Waals surface area contributed by atoms with Crippen LogP contribution in [0.5, 0.6) is 0 Å². The average Bonchev–Trinajstić information content (AvgIpc) is 2.74. The maximum atomic E-state index is 12.1. The van der Waals surface area contributed by atoms with Crippen molar-refractivity contribution in [1.82, 2.24) is 14.8 Å². The first-order valence-electron chi connectivity index (χ1n) is 5.55. The van der Waals surface area contributed by atoms with Gasteiger partial charge in [-0.3, -0.25) is 14.5 Å². The lowest BCUT2D eigenvalue weighted by Crippen LogP contribution is -2.15. The van der Waals surface area contributed by atoms with Gasteiger partial charge in [0.2, 0.25) is 0 Å². The Morgan fingerprint density at radius 1 is 1.44 bits per heavy atom. The van der Waals surface area contributed by atoms with E-state index in [0.29, 0.717) is 11.4 Å². The normalized spacial score (nSPS) is 10.2. The van der Waals surface area contributed by atoms with Gasteiger partial charge >= 0.3 is 0 Å². The zero-order valence-corrected chi connectivity index (χ0v) is 10.6. The maximum Gasteiger partial charge on any atom is 0.260 e. The molecule has 2 rings (SSSR count). The lowest BCUT2D eigenvalue weighted by molar-refractivity contribution is 0.102. The predicted octanol–water partition coefficient (Wildman–Crippen LogP) is 1.42. The van der Waals surface area contributed by atoms with Crippen molar-refractivity contribution < 1.29 is 4.79 Å². The first-order chi connectivity index (χ1) is 8.60. The van der Waals surface area contributed by atoms with Crippen molar-refractivity contribution in [3.63, 3.8) is 0 Å². The van der Waals surface area contributed by atoms with E-state index >= 15 is 0 Å². The van der Waals surface area contributed by atoms with Crippen LogP contribution in [0.4, 0.5) is 11.5 Å². The molecule has 0 aliphatic rings. The number of amides is 1. The van der Waals surface area contributed by atoms with Crippen LogP contribution in [0.25, 0.3) is 0 Å². The van der Waals surface area contributed by atoms with Crippen LogP contribution in [-0.2, 0) is 7.05 Å². The van der Waals surface area contributed by atoms with E-state index < -0.39 is 0 Å². The van der Waals surface area contributed by atoms with Crippen molar-refractivity contribution in [3.8, 4) is 0 Å². The van der Waals surface area contributed by atoms with Gasteiger partial charge in [-0.05, 0) is 13.0 Å². The SMILES string of the molecule is CNc1cc(C)ncc1C(=O)Nc1ccn(C)n1. The topological polar surface area (TPSA) is 71.8 Å². The fourth-order valence-electron chi connectivity index (χ4n) is 1.61. The van der Waals surface area contributed by atoms with Crippen LogP contribution in [0.15, 0.2) is 24.5 Å². The van der Waals surface area contributed by atoms with Crippen LogP contribution >= 0.6 is 0 Å². The van der Waals surface area contributed by atoms with Crippen molar-refractivity contribution in [2.75, 3.05) is 17.7 Å². The molecule has 94 valence electrons. The Hall–Kier alpha value is -2.37. The number of nitrogens with one attached hydrogen (secondary N) is 2. The molecular weight excluding hydrogens is 230 g/mol. The largest absolute Gasteiger partial charge is 0.387 e. The fraction of sp³-hybridized carbons (Fsp3) is 0.250. The molecule has 0 aromatic carbocycles. The van der Waals surface area contributed by atoms with Gasteiger partial charge in [0.15, 0.2) is 5.82 Å². The Bertz CT molecular complexity index is 576. The molecule has 18 heavy (non-hydrogen) atoms. The highest BCUT2D eigenvalue weighted by Gasteiger charge is 2.12. The molecule has 0 fully saturated rings. The van der Waals surface area contributed by atoms with Crippen LogP contribution in [-0.4, -0.2) is 27.7 Å². The van der Waals surface area contributed by atoms with Crippen molar-refractivity contribution in [1.29, 1.82) is 0 Å². The number of carbonyl (C=O) groups excluding carboxylic acids is 1. The summed E-state index contributed by atoms with van der Waals surface area (Å²) in [5, 5.41) is 9.80. The Labute approximate surface area is 105 Å². The third-order valence-corrected chi connectivity index (χ3v) is 2.51. The van der Waals surface area contributed by atoms with Gasteiger partial charge in [-0.2, -0.15) is 5.10 Å². The average molecular weight is 245 g/mol. The summed E-state index contributed by atoms with van der Waals surface area (Å²) < 4.78 is 1.63. The van der Waals surface area contributed by atoms with Crippen LogP contribution in [0.1, 0.15) is 16.1 Å². The summed E-state index contributed by atoms with van der Waals surface area (Å²) >= 11 is 0. The molecule has 0 radical (unpaired) electrons. The van der Waals surface area contributed by atoms with Gasteiger partial charge < -0.3 is 10.6 Å². The molecule has 2 N–H and O–H groups in total. The highest BCUT2D eigenvalue weighted by atomic mass is 16.1. The smallest absolute Gasteiger partial charge is 0.260 e. The second-order valence-corrected chi connectivity index (χ2v) is 3.95. The van der Waals surface area contributed by atoms with Gasteiger partial charge in [0, 0.05) is 38.2 Å². The third kappa shape index (κ3) is 2.48. The minimum Gasteiger partial charge on any atom is -0.387 e. The molecule has 2 aromatic heterocycles. The molecule has 6 nitrogen and oxygen atoms in total. The monoisotopic (exact) mass is 245 g/mol. The number of carbonyl (C=O) groups is 1. The molecule has 0 atom stereocenters. The van der Waals surface area contributed by atoms with Gasteiger partial charge in [-0.15, -0.1) is 0 Å². The number of rotatable bonds is 3. The summed E-state index contributed by atoms with van der Waals surface area (Å²) in [7, 11) is 3.56. The van der Waals surface area contributed by atoms with Gasteiger partial charge in [0.1, 0.15) is 0 Å². The number of nitrogens with zero attached hydrogens (tertiary/aromatic N) is 3. The number of hydrogen-bond donors (Lipinski definition) is 2. The number of aromatic nitrogens is 3. The highest BCUT2D eigenvalue weighted by Crippen LogP contribution is 2.16. The van der Waals surface area contributed by atoms with Crippen molar-refractivity contribution in [2.45, 2.75) is 6.92 Å². The van der Waals surface area contributed by atoms with Crippen molar-refractivity contribution >= 4 is 17.4 Å². The second kappa shape index (κ2) is 4.87. The zero-order valence-electron chi connectivity index (χ0n) is 10.6. The van der Waals surface area contributed by atoms with E-state index in [9.17, 15) is 4.79 Å². The molecule has 0 unspecified atom stereocenters. The van der Waals surface area contributed by atoms with E-state index in [2.05, 4.69) is 20.7 Å². The van der Waals surface area contributed by atoms with E-state index in [4.69, 9.17) is 0 Å². The first kappa shape index (κ1) is 12.1. The molecular formula is C12H15N5O. The molecule has 2 aromatic rings. The molecule has 0 bridgehead atoms. The Morgan fingerprint density at radius 2 is 2.22 bits per heavy atom. The second-order valence-electron chi connectivity index (χ2n) is 3.95. The minimum absolute atomic E-state index is 0.231. The molecule has 6 heteroatoms. The lowest BCUT2D eigenvalue weighted by atomic mass is 10.2. The molecule has 1 amide bonds. The van der Waals surface area contributed by atoms with Crippen LogP contribution in [0, 0.1) is 6.92 Å². The summed E-state index contributed by atoms with van der Waals surface area (Å²) in [6.45, 7) is 1.88. The Kier molecular flexibility index (Phi) is 3.27. The summed E-state index contributed by atoms with van der Waals surface area (Å²) in [6.07, 6.45) is 3.32. The number of hydrogen-bond acceptors (Lipinski definition) is 4. The van der Waals surface area contributed by atoms with Gasteiger partial charge in [-0.25, -0.2) is 0 Å². The van der Waals surface area contributed by atoms with Gasteiger partial charge in [0.25, 0.3) is 5.91 Å². The number of anilines is 2. The van der Waals surface area contributed by atoms with Crippen LogP contribution < -0.4 is 10.6 Å². The molecule has 0 saturated heterocycles. The van der Waals surface area contributed by atoms with Crippen molar-refractivity contribution in [3.05, 3.63) is 35.8 Å². The lowest BCUT2D eigenvalue weighted by Gasteiger charge is -2.08. The molecule has 0 aliphatic carbocycles. The molecule has 2 heterocycles. The van der Waals surface area contributed by atoms with E-state index in [0.717, 1.165) is 11.4 Å². The third-order valence-electron chi connectivity index (χ3n) is 2.51. The first-order valence-corrected chi connectivity index (χ1v) is 5.55. The van der Waals surface area contributed by atoms with Crippen molar-refractivity contribution in [2.24, 2.45) is 7.05 Å². The number of pyridine rings is 1. The summed E-state index contributed by atoms with van der Waals surface area (Å²) in [6, 6.07) is 3.56. The molecule has 0 spiro atoms. The maximum absolute atomic E-state index is 12.1. The standard InChI is InChI=1S/C12H15N5O/c1-8-6-10(13-2)9(7-14-8)12(18)15-11-4-5-17(3)16-11/h4-7H,1-3H3,(H,13,14)(H,15,16,18). The van der Waals surface area contributed by atoms with Crippen LogP contribution in [0.3, 0.4) is 0 Å². The van der Waals surface area contributed by atoms with E-state index in [1.54, 1.807) is 37.2 Å². The zero-order chi connectivity index (χ0) is 13.1. The summed E-state index contributed by atoms with van der Waals surface area (Å²) in [5.74, 6) is 0.288. The number of aryl methyl sites for hydroxylation is 2. The van der Waals surface area contributed by atoms with Gasteiger partial charge in [-0.1, -0.05) is 0 Å². The summed E-state index contributed by atoms with van der Waals surface area (Å²) in [5.41, 5.74) is 2.10. The van der Waals surface area contributed by atoms with Gasteiger partial charge in [0.05, 0.1) is 11.3 Å². The van der Waals surface area contributed by atoms with Crippen LogP contribution in [0.2, 0.25) is 0 Å². The van der Waals surface area contributed by atoms with E-state index in [-0.39, 0.29) is 5.91 Å². The fourth-order valence-corrected chi connectivity index (χ4v) is 1.61. The quantitative estimate of drug-likeness (QED) is 0.857.